The van der Waals surface area contributed by atoms with Crippen LogP contribution in [0.2, 0.25) is 5.02 Å². The van der Waals surface area contributed by atoms with Gasteiger partial charge in [-0.05, 0) is 38.4 Å². The number of nitrogens with zero attached hydrogens (tertiary/aromatic N) is 1. The van der Waals surface area contributed by atoms with E-state index in [0.717, 1.165) is 18.4 Å². The zero-order chi connectivity index (χ0) is 19.1. The largest absolute Gasteiger partial charge is 0.493 e. The van der Waals surface area contributed by atoms with Gasteiger partial charge in [-0.2, -0.15) is 0 Å². The molecule has 0 atom stereocenters. The minimum Gasteiger partial charge on any atom is -0.493 e. The average molecular weight is 384 g/mol. The van der Waals surface area contributed by atoms with E-state index in [0.29, 0.717) is 30.5 Å². The molecule has 0 saturated heterocycles. The van der Waals surface area contributed by atoms with Crippen LogP contribution in [0.3, 0.4) is 0 Å². The topological polar surface area (TPSA) is 90.9 Å². The van der Waals surface area contributed by atoms with Gasteiger partial charge < -0.3 is 20.5 Å². The molecule has 1 aromatic rings. The number of hydrogen-bond acceptors (Lipinski definition) is 4. The molecule has 0 bridgehead atoms. The van der Waals surface area contributed by atoms with Crippen molar-refractivity contribution in [2.75, 3.05) is 19.7 Å². The monoisotopic (exact) mass is 383 g/mol. The maximum absolute atomic E-state index is 12.1. The van der Waals surface area contributed by atoms with Crippen LogP contribution in [0.25, 0.3) is 0 Å². The second-order valence-corrected chi connectivity index (χ2v) is 6.73. The van der Waals surface area contributed by atoms with E-state index in [2.05, 4.69) is 10.6 Å². The summed E-state index contributed by atoms with van der Waals surface area (Å²) in [5.41, 5.74) is 0.858. The van der Waals surface area contributed by atoms with Crippen LogP contribution in [0, 0.1) is 0 Å². The lowest BCUT2D eigenvalue weighted by molar-refractivity contribution is -0.139. The minimum absolute atomic E-state index is 0.0385. The van der Waals surface area contributed by atoms with E-state index in [9.17, 15) is 9.59 Å². The third-order valence-corrected chi connectivity index (χ3v) is 4.71. The fourth-order valence-corrected chi connectivity index (χ4v) is 3.21. The molecular weight excluding hydrogens is 358 g/mol. The Morgan fingerprint density at radius 2 is 2.08 bits per heavy atom. The number of rotatable bonds is 9. The first kappa shape index (κ1) is 20.3. The number of halogens is 1. The highest BCUT2D eigenvalue weighted by Gasteiger charge is 2.34. The molecule has 1 aromatic carbocycles. The smallest absolute Gasteiger partial charge is 0.317 e. The molecule has 1 saturated carbocycles. The van der Waals surface area contributed by atoms with Gasteiger partial charge in [-0.3, -0.25) is 9.69 Å². The van der Waals surface area contributed by atoms with Crippen molar-refractivity contribution in [3.05, 3.63) is 28.8 Å². The molecule has 1 aliphatic rings. The maximum Gasteiger partial charge on any atom is 0.317 e. The number of hydrogen-bond donors (Lipinski definition) is 3. The Kier molecular flexibility index (Phi) is 7.53. The van der Waals surface area contributed by atoms with E-state index >= 15 is 0 Å². The fraction of sp³-hybridized carbons (Fsp3) is 0.556. The Labute approximate surface area is 158 Å². The van der Waals surface area contributed by atoms with Gasteiger partial charge in [0.2, 0.25) is 0 Å². The van der Waals surface area contributed by atoms with E-state index in [1.54, 1.807) is 12.1 Å². The lowest BCUT2D eigenvalue weighted by atomic mass is 9.85. The van der Waals surface area contributed by atoms with Gasteiger partial charge in [-0.15, -0.1) is 0 Å². The Morgan fingerprint density at radius 1 is 1.35 bits per heavy atom. The molecule has 1 aliphatic carbocycles. The summed E-state index contributed by atoms with van der Waals surface area (Å²) in [4.78, 5) is 24.8. The van der Waals surface area contributed by atoms with Gasteiger partial charge in [0.1, 0.15) is 5.75 Å². The SMILES string of the molecule is CCOc1cc(Cl)ccc1CNC(=O)NC1CC(N(CC)CC(=O)O)C1. The molecule has 2 amide bonds. The van der Waals surface area contributed by atoms with Crippen molar-refractivity contribution in [3.8, 4) is 5.75 Å². The molecule has 2 rings (SSSR count). The van der Waals surface area contributed by atoms with Crippen molar-refractivity contribution < 1.29 is 19.4 Å². The summed E-state index contributed by atoms with van der Waals surface area (Å²) in [6.45, 7) is 5.42. The number of carbonyl (C=O) groups is 2. The third-order valence-electron chi connectivity index (χ3n) is 4.48. The van der Waals surface area contributed by atoms with E-state index in [-0.39, 0.29) is 24.7 Å². The molecule has 144 valence electrons. The van der Waals surface area contributed by atoms with E-state index < -0.39 is 5.97 Å². The van der Waals surface area contributed by atoms with Crippen LogP contribution in [0.5, 0.6) is 5.75 Å². The van der Waals surface area contributed by atoms with Crippen LogP contribution >= 0.6 is 11.6 Å². The average Bonchev–Trinajstić information content (AvgIpc) is 2.55. The predicted octanol–water partition coefficient (Wildman–Crippen LogP) is 2.48. The number of amides is 2. The molecule has 0 unspecified atom stereocenters. The molecule has 8 heteroatoms. The van der Waals surface area contributed by atoms with E-state index in [1.165, 1.54) is 0 Å². The number of ether oxygens (including phenoxy) is 1. The molecule has 0 heterocycles. The molecule has 0 spiro atoms. The normalized spacial score (nSPS) is 18.9. The number of carboxylic acid groups (broad SMARTS) is 1. The van der Waals surface area contributed by atoms with Crippen molar-refractivity contribution in [3.63, 3.8) is 0 Å². The van der Waals surface area contributed by atoms with Crippen LogP contribution in [-0.4, -0.2) is 53.8 Å². The molecule has 0 aromatic heterocycles. The van der Waals surface area contributed by atoms with Crippen LogP contribution in [-0.2, 0) is 11.3 Å². The van der Waals surface area contributed by atoms with Crippen molar-refractivity contribution in [1.82, 2.24) is 15.5 Å². The Bertz CT molecular complexity index is 635. The summed E-state index contributed by atoms with van der Waals surface area (Å²) < 4.78 is 5.54. The molecular formula is C18H26ClN3O4. The second kappa shape index (κ2) is 9.64. The molecule has 3 N–H and O–H groups in total. The fourth-order valence-electron chi connectivity index (χ4n) is 3.05. The Hall–Kier alpha value is -1.99. The first-order valence-electron chi connectivity index (χ1n) is 8.84. The summed E-state index contributed by atoms with van der Waals surface area (Å²) in [5, 5.41) is 15.2. The van der Waals surface area contributed by atoms with Crippen LogP contribution in [0.4, 0.5) is 4.79 Å². The number of nitrogens with one attached hydrogen (secondary N) is 2. The number of urea groups is 1. The van der Waals surface area contributed by atoms with Gasteiger partial charge in [0.25, 0.3) is 0 Å². The first-order chi connectivity index (χ1) is 12.4. The highest BCUT2D eigenvalue weighted by atomic mass is 35.5. The van der Waals surface area contributed by atoms with Crippen molar-refractivity contribution in [2.24, 2.45) is 0 Å². The Morgan fingerprint density at radius 3 is 2.69 bits per heavy atom. The molecule has 0 radical (unpaired) electrons. The highest BCUT2D eigenvalue weighted by Crippen LogP contribution is 2.26. The summed E-state index contributed by atoms with van der Waals surface area (Å²) in [7, 11) is 0. The van der Waals surface area contributed by atoms with Gasteiger partial charge >= 0.3 is 12.0 Å². The van der Waals surface area contributed by atoms with Gasteiger partial charge in [0.05, 0.1) is 13.2 Å². The maximum atomic E-state index is 12.1. The number of likely N-dealkylation sites (N-methyl/N-ethyl adjacent to an activating group) is 1. The quantitative estimate of drug-likeness (QED) is 0.609. The van der Waals surface area contributed by atoms with Crippen molar-refractivity contribution in [2.45, 2.75) is 45.3 Å². The molecule has 1 fully saturated rings. The highest BCUT2D eigenvalue weighted by molar-refractivity contribution is 6.30. The minimum atomic E-state index is -0.825. The van der Waals surface area contributed by atoms with Crippen molar-refractivity contribution in [1.29, 1.82) is 0 Å². The Balaban J connectivity index is 1.76. The number of aliphatic carboxylic acids is 1. The van der Waals surface area contributed by atoms with Gasteiger partial charge in [-0.25, -0.2) is 4.79 Å². The lowest BCUT2D eigenvalue weighted by Gasteiger charge is -2.42. The van der Waals surface area contributed by atoms with Gasteiger partial charge in [-0.1, -0.05) is 24.6 Å². The molecule has 7 nitrogen and oxygen atoms in total. The summed E-state index contributed by atoms with van der Waals surface area (Å²) in [5.74, 6) is -0.162. The zero-order valence-electron chi connectivity index (χ0n) is 15.1. The predicted molar refractivity (Wildman–Crippen MR) is 99.7 cm³/mol. The van der Waals surface area contributed by atoms with E-state index in [4.69, 9.17) is 21.4 Å². The third kappa shape index (κ3) is 5.78. The van der Waals surface area contributed by atoms with Gasteiger partial charge in [0, 0.05) is 29.2 Å². The van der Waals surface area contributed by atoms with Crippen LogP contribution in [0.1, 0.15) is 32.3 Å². The summed E-state index contributed by atoms with van der Waals surface area (Å²) in [6.07, 6.45) is 1.53. The summed E-state index contributed by atoms with van der Waals surface area (Å²) in [6, 6.07) is 5.36. The van der Waals surface area contributed by atoms with Crippen LogP contribution < -0.4 is 15.4 Å². The zero-order valence-corrected chi connectivity index (χ0v) is 15.9. The standard InChI is InChI=1S/C18H26ClN3O4/c1-3-22(11-17(23)24)15-8-14(9-15)21-18(25)20-10-12-5-6-13(19)7-16(12)26-4-2/h5-7,14-15H,3-4,8-11H2,1-2H3,(H,23,24)(H2,20,21,25). The second-order valence-electron chi connectivity index (χ2n) is 6.29. The van der Waals surface area contributed by atoms with E-state index in [1.807, 2.05) is 24.8 Å². The molecule has 0 aliphatic heterocycles. The number of carbonyl (C=O) groups excluding carboxylic acids is 1. The lowest BCUT2D eigenvalue weighted by Crippen LogP contribution is -2.56. The number of benzene rings is 1. The van der Waals surface area contributed by atoms with Gasteiger partial charge in [0.15, 0.2) is 0 Å². The molecule has 26 heavy (non-hydrogen) atoms. The summed E-state index contributed by atoms with van der Waals surface area (Å²) >= 11 is 5.97. The van der Waals surface area contributed by atoms with Crippen molar-refractivity contribution >= 4 is 23.6 Å². The number of carboxylic acids is 1. The first-order valence-corrected chi connectivity index (χ1v) is 9.22. The van der Waals surface area contributed by atoms with Crippen LogP contribution in [0.15, 0.2) is 18.2 Å².